The van der Waals surface area contributed by atoms with Crippen LogP contribution in [-0.4, -0.2) is 29.2 Å². The number of Topliss-reactive ketones (excluding diaryl/α,β-unsaturated/α-hetero) is 1. The van der Waals surface area contributed by atoms with Gasteiger partial charge in [-0.2, -0.15) is 0 Å². The Morgan fingerprint density at radius 3 is 2.43 bits per heavy atom. The highest BCUT2D eigenvalue weighted by molar-refractivity contribution is 5.82. The van der Waals surface area contributed by atoms with Crippen LogP contribution in [0.5, 0.6) is 0 Å². The van der Waals surface area contributed by atoms with Gasteiger partial charge in [-0.3, -0.25) is 9.59 Å². The maximum absolute atomic E-state index is 13.1. The van der Waals surface area contributed by atoms with Crippen molar-refractivity contribution in [1.82, 2.24) is 4.90 Å². The van der Waals surface area contributed by atoms with E-state index in [4.69, 9.17) is 0 Å². The van der Waals surface area contributed by atoms with Crippen molar-refractivity contribution in [3.05, 3.63) is 0 Å². The maximum atomic E-state index is 13.1. The summed E-state index contributed by atoms with van der Waals surface area (Å²) in [6, 6.07) is 0.148. The van der Waals surface area contributed by atoms with Gasteiger partial charge in [-0.25, -0.2) is 0 Å². The zero-order valence-electron chi connectivity index (χ0n) is 14.0. The smallest absolute Gasteiger partial charge is 0.226 e. The summed E-state index contributed by atoms with van der Waals surface area (Å²) in [5.74, 6) is 0.689. The van der Waals surface area contributed by atoms with Crippen LogP contribution >= 0.6 is 0 Å². The van der Waals surface area contributed by atoms with Crippen molar-refractivity contribution in [2.75, 3.05) is 6.54 Å². The van der Waals surface area contributed by atoms with Crippen LogP contribution in [0.1, 0.15) is 78.6 Å². The molecule has 0 N–H and O–H groups in total. The van der Waals surface area contributed by atoms with Crippen LogP contribution in [0, 0.1) is 11.3 Å². The highest BCUT2D eigenvalue weighted by Gasteiger charge is 2.40. The predicted molar refractivity (Wildman–Crippen MR) is 85.0 cm³/mol. The topological polar surface area (TPSA) is 37.4 Å². The highest BCUT2D eigenvalue weighted by atomic mass is 16.2. The molecule has 2 fully saturated rings. The van der Waals surface area contributed by atoms with Crippen LogP contribution in [-0.2, 0) is 9.59 Å². The third-order valence-corrected chi connectivity index (χ3v) is 5.49. The molecule has 2 unspecified atom stereocenters. The van der Waals surface area contributed by atoms with Crippen LogP contribution in [0.4, 0.5) is 0 Å². The first-order chi connectivity index (χ1) is 9.92. The molecule has 1 heterocycles. The summed E-state index contributed by atoms with van der Waals surface area (Å²) in [5.41, 5.74) is 0.114. The van der Waals surface area contributed by atoms with Gasteiger partial charge in [-0.1, -0.05) is 39.5 Å². The van der Waals surface area contributed by atoms with Gasteiger partial charge in [0.25, 0.3) is 0 Å². The fourth-order valence-electron chi connectivity index (χ4n) is 4.16. The number of rotatable bonds is 3. The summed E-state index contributed by atoms with van der Waals surface area (Å²) < 4.78 is 0. The van der Waals surface area contributed by atoms with Crippen LogP contribution in [0.2, 0.25) is 0 Å². The van der Waals surface area contributed by atoms with Crippen LogP contribution in [0.3, 0.4) is 0 Å². The molecular formula is C18H31NO2. The van der Waals surface area contributed by atoms with E-state index in [1.54, 1.807) is 6.92 Å². The minimum atomic E-state index is 0.114. The summed E-state index contributed by atoms with van der Waals surface area (Å²) in [5, 5.41) is 0. The van der Waals surface area contributed by atoms with E-state index in [-0.39, 0.29) is 23.2 Å². The Kier molecular flexibility index (Phi) is 5.45. The van der Waals surface area contributed by atoms with Crippen LogP contribution in [0.25, 0.3) is 0 Å². The molecule has 1 saturated heterocycles. The monoisotopic (exact) mass is 293 g/mol. The second kappa shape index (κ2) is 6.93. The Morgan fingerprint density at radius 2 is 1.76 bits per heavy atom. The molecule has 2 atom stereocenters. The van der Waals surface area contributed by atoms with Gasteiger partial charge in [0.2, 0.25) is 5.91 Å². The van der Waals surface area contributed by atoms with Crippen molar-refractivity contribution >= 4 is 11.7 Å². The Morgan fingerprint density at radius 1 is 1.05 bits per heavy atom. The van der Waals surface area contributed by atoms with E-state index in [1.807, 2.05) is 0 Å². The maximum Gasteiger partial charge on any atom is 0.226 e. The van der Waals surface area contributed by atoms with E-state index < -0.39 is 0 Å². The zero-order valence-corrected chi connectivity index (χ0v) is 14.0. The molecule has 2 rings (SSSR count). The first-order valence-corrected chi connectivity index (χ1v) is 8.72. The number of nitrogens with zero attached hydrogens (tertiary/aromatic N) is 1. The number of carbonyl (C=O) groups is 2. The Hall–Kier alpha value is -0.860. The van der Waals surface area contributed by atoms with Crippen molar-refractivity contribution in [3.63, 3.8) is 0 Å². The molecule has 0 aromatic rings. The average molecular weight is 293 g/mol. The lowest BCUT2D eigenvalue weighted by Gasteiger charge is -2.42. The molecule has 0 aromatic carbocycles. The molecule has 1 saturated carbocycles. The first-order valence-electron chi connectivity index (χ1n) is 8.72. The number of hydrogen-bond acceptors (Lipinski definition) is 2. The minimum absolute atomic E-state index is 0.114. The number of hydrogen-bond donors (Lipinski definition) is 0. The van der Waals surface area contributed by atoms with Crippen molar-refractivity contribution < 1.29 is 9.59 Å². The van der Waals surface area contributed by atoms with E-state index in [9.17, 15) is 9.59 Å². The van der Waals surface area contributed by atoms with Crippen LogP contribution < -0.4 is 0 Å². The van der Waals surface area contributed by atoms with E-state index >= 15 is 0 Å². The summed E-state index contributed by atoms with van der Waals surface area (Å²) in [6.45, 7) is 6.99. The molecule has 21 heavy (non-hydrogen) atoms. The quantitative estimate of drug-likeness (QED) is 0.790. The SMILES string of the molecule is CC(=O)CC1CCCCCN1C(=O)C1CCCCC1(C)C. The fraction of sp³-hybridized carbons (Fsp3) is 0.889. The second-order valence-corrected chi connectivity index (χ2v) is 7.73. The van der Waals surface area contributed by atoms with Crippen molar-refractivity contribution in [2.24, 2.45) is 11.3 Å². The molecule has 1 aliphatic heterocycles. The normalized spacial score (nSPS) is 29.8. The molecule has 1 amide bonds. The van der Waals surface area contributed by atoms with Crippen molar-refractivity contribution in [3.8, 4) is 0 Å². The van der Waals surface area contributed by atoms with Gasteiger partial charge >= 0.3 is 0 Å². The Labute approximate surface area is 129 Å². The Bertz CT molecular complexity index is 389. The standard InChI is InChI=1S/C18H31NO2/c1-14(20)13-15-9-5-4-8-12-19(15)17(21)16-10-6-7-11-18(16,2)3/h15-16H,4-13H2,1-3H3. The minimum Gasteiger partial charge on any atom is -0.339 e. The van der Waals surface area contributed by atoms with Gasteiger partial charge in [0.15, 0.2) is 0 Å². The Balaban J connectivity index is 2.14. The number of carbonyl (C=O) groups excluding carboxylic acids is 2. The first kappa shape index (κ1) is 16.5. The van der Waals surface area contributed by atoms with E-state index in [0.717, 1.165) is 38.6 Å². The zero-order chi connectivity index (χ0) is 15.5. The molecule has 0 aromatic heterocycles. The molecule has 0 radical (unpaired) electrons. The number of likely N-dealkylation sites (tertiary alicyclic amines) is 1. The predicted octanol–water partition coefficient (Wildman–Crippen LogP) is 3.95. The molecular weight excluding hydrogens is 262 g/mol. The highest BCUT2D eigenvalue weighted by Crippen LogP contribution is 2.42. The molecule has 120 valence electrons. The van der Waals surface area contributed by atoms with E-state index in [2.05, 4.69) is 18.7 Å². The number of amides is 1. The van der Waals surface area contributed by atoms with Gasteiger partial charge in [0.1, 0.15) is 5.78 Å². The third-order valence-electron chi connectivity index (χ3n) is 5.49. The lowest BCUT2D eigenvalue weighted by atomic mass is 9.68. The summed E-state index contributed by atoms with van der Waals surface area (Å²) in [6.07, 6.45) is 9.55. The van der Waals surface area contributed by atoms with Gasteiger partial charge in [-0.15, -0.1) is 0 Å². The third kappa shape index (κ3) is 4.08. The average Bonchev–Trinajstić information content (AvgIpc) is 2.62. The lowest BCUT2D eigenvalue weighted by molar-refractivity contribution is -0.144. The molecule has 3 heteroatoms. The van der Waals surface area contributed by atoms with Gasteiger partial charge in [0, 0.05) is 24.9 Å². The van der Waals surface area contributed by atoms with Gasteiger partial charge < -0.3 is 4.90 Å². The van der Waals surface area contributed by atoms with E-state index in [0.29, 0.717) is 12.3 Å². The molecule has 0 spiro atoms. The van der Waals surface area contributed by atoms with E-state index in [1.165, 1.54) is 19.3 Å². The molecule has 2 aliphatic rings. The van der Waals surface area contributed by atoms with Crippen molar-refractivity contribution in [1.29, 1.82) is 0 Å². The molecule has 1 aliphatic carbocycles. The lowest BCUT2D eigenvalue weighted by Crippen LogP contribution is -2.48. The molecule has 3 nitrogen and oxygen atoms in total. The summed E-state index contributed by atoms with van der Waals surface area (Å²) >= 11 is 0. The van der Waals surface area contributed by atoms with Gasteiger partial charge in [0.05, 0.1) is 0 Å². The van der Waals surface area contributed by atoms with Crippen LogP contribution in [0.15, 0.2) is 0 Å². The van der Waals surface area contributed by atoms with Gasteiger partial charge in [-0.05, 0) is 38.0 Å². The van der Waals surface area contributed by atoms with Crippen molar-refractivity contribution in [2.45, 2.75) is 84.6 Å². The summed E-state index contributed by atoms with van der Waals surface area (Å²) in [4.78, 5) is 26.8. The largest absolute Gasteiger partial charge is 0.339 e. The molecule has 0 bridgehead atoms. The second-order valence-electron chi connectivity index (χ2n) is 7.73. The summed E-state index contributed by atoms with van der Waals surface area (Å²) in [7, 11) is 0. The number of ketones is 1. The fourth-order valence-corrected chi connectivity index (χ4v) is 4.16.